The second-order valence-electron chi connectivity index (χ2n) is 4.87. The minimum absolute atomic E-state index is 0.0812. The van der Waals surface area contributed by atoms with Crippen LogP contribution >= 0.6 is 11.3 Å². The molecule has 0 spiro atoms. The number of aromatic nitrogens is 1. The van der Waals surface area contributed by atoms with Gasteiger partial charge in [0, 0.05) is 23.4 Å². The molecule has 4 heteroatoms. The second-order valence-corrected chi connectivity index (χ2v) is 5.82. The summed E-state index contributed by atoms with van der Waals surface area (Å²) >= 11 is 1.68. The maximum atomic E-state index is 6.28. The molecule has 2 N–H and O–H groups in total. The third-order valence-corrected chi connectivity index (χ3v) is 3.98. The van der Waals surface area contributed by atoms with E-state index in [0.717, 1.165) is 28.4 Å². The number of rotatable bonds is 5. The van der Waals surface area contributed by atoms with Crippen LogP contribution in [0.15, 0.2) is 29.6 Å². The van der Waals surface area contributed by atoms with E-state index in [1.165, 1.54) is 0 Å². The maximum Gasteiger partial charge on any atom is 0.123 e. The number of methoxy groups -OCH3 is 1. The average Bonchev–Trinajstić information content (AvgIpc) is 2.87. The summed E-state index contributed by atoms with van der Waals surface area (Å²) in [6, 6.07) is 7.81. The fourth-order valence-electron chi connectivity index (χ4n) is 1.95. The molecule has 0 saturated heterocycles. The van der Waals surface area contributed by atoms with E-state index in [9.17, 15) is 0 Å². The van der Waals surface area contributed by atoms with Crippen molar-refractivity contribution in [3.05, 3.63) is 45.9 Å². The van der Waals surface area contributed by atoms with Crippen LogP contribution in [0.5, 0.6) is 5.75 Å². The van der Waals surface area contributed by atoms with Crippen molar-refractivity contribution in [2.24, 2.45) is 5.73 Å². The standard InChI is InChI=1S/C15H20N2OS/c1-10(2)13-9-19-15(17-13)8-12(16)11-6-4-5-7-14(11)18-3/h4-7,9-10,12H,8,16H2,1-3H3. The molecule has 3 nitrogen and oxygen atoms in total. The molecule has 1 heterocycles. The van der Waals surface area contributed by atoms with Crippen LogP contribution in [-0.4, -0.2) is 12.1 Å². The first-order valence-electron chi connectivity index (χ1n) is 6.44. The van der Waals surface area contributed by atoms with Crippen molar-refractivity contribution in [2.45, 2.75) is 32.2 Å². The number of ether oxygens (including phenoxy) is 1. The van der Waals surface area contributed by atoms with E-state index in [2.05, 4.69) is 24.2 Å². The fraction of sp³-hybridized carbons (Fsp3) is 0.400. The fourth-order valence-corrected chi connectivity index (χ4v) is 2.97. The zero-order chi connectivity index (χ0) is 13.8. The van der Waals surface area contributed by atoms with E-state index in [4.69, 9.17) is 10.5 Å². The molecule has 1 unspecified atom stereocenters. The van der Waals surface area contributed by atoms with E-state index in [0.29, 0.717) is 5.92 Å². The summed E-state index contributed by atoms with van der Waals surface area (Å²) in [5.41, 5.74) is 8.45. The molecule has 102 valence electrons. The molecule has 1 aromatic carbocycles. The summed E-state index contributed by atoms with van der Waals surface area (Å²) in [7, 11) is 1.67. The number of para-hydroxylation sites is 1. The molecule has 19 heavy (non-hydrogen) atoms. The number of nitrogens with two attached hydrogens (primary N) is 1. The highest BCUT2D eigenvalue weighted by Crippen LogP contribution is 2.27. The number of thiazole rings is 1. The molecule has 0 aliphatic rings. The minimum Gasteiger partial charge on any atom is -0.496 e. The summed E-state index contributed by atoms with van der Waals surface area (Å²) in [4.78, 5) is 4.63. The van der Waals surface area contributed by atoms with E-state index >= 15 is 0 Å². The van der Waals surface area contributed by atoms with E-state index in [1.807, 2.05) is 24.3 Å². The lowest BCUT2D eigenvalue weighted by Gasteiger charge is -2.14. The van der Waals surface area contributed by atoms with Crippen LogP contribution in [0.3, 0.4) is 0 Å². The van der Waals surface area contributed by atoms with Gasteiger partial charge in [-0.05, 0) is 12.0 Å². The van der Waals surface area contributed by atoms with Crippen molar-refractivity contribution < 1.29 is 4.74 Å². The predicted octanol–water partition coefficient (Wildman–Crippen LogP) is 3.52. The Hall–Kier alpha value is -1.39. The van der Waals surface area contributed by atoms with Crippen molar-refractivity contribution in [1.29, 1.82) is 0 Å². The van der Waals surface area contributed by atoms with Crippen molar-refractivity contribution in [1.82, 2.24) is 4.98 Å². The highest BCUT2D eigenvalue weighted by atomic mass is 32.1. The first kappa shape index (κ1) is 14.0. The zero-order valence-corrected chi connectivity index (χ0v) is 12.4. The lowest BCUT2D eigenvalue weighted by Crippen LogP contribution is -2.14. The Balaban J connectivity index is 2.13. The normalized spacial score (nSPS) is 12.7. The summed E-state index contributed by atoms with van der Waals surface area (Å²) in [6.45, 7) is 4.30. The average molecular weight is 276 g/mol. The van der Waals surface area contributed by atoms with E-state index in [1.54, 1.807) is 18.4 Å². The second kappa shape index (κ2) is 6.17. The predicted molar refractivity (Wildman–Crippen MR) is 79.8 cm³/mol. The van der Waals surface area contributed by atoms with Gasteiger partial charge in [-0.2, -0.15) is 0 Å². The molecule has 0 radical (unpaired) electrons. The van der Waals surface area contributed by atoms with Crippen LogP contribution in [0.4, 0.5) is 0 Å². The molecule has 1 aromatic heterocycles. The van der Waals surface area contributed by atoms with Gasteiger partial charge in [0.2, 0.25) is 0 Å². The van der Waals surface area contributed by atoms with Crippen molar-refractivity contribution in [2.75, 3.05) is 7.11 Å². The molecule has 2 rings (SSSR count). The van der Waals surface area contributed by atoms with Gasteiger partial charge in [0.25, 0.3) is 0 Å². The molecule has 2 aromatic rings. The molecule has 0 fully saturated rings. The smallest absolute Gasteiger partial charge is 0.123 e. The molecule has 0 bridgehead atoms. The lowest BCUT2D eigenvalue weighted by molar-refractivity contribution is 0.405. The number of hydrogen-bond donors (Lipinski definition) is 1. The molecular formula is C15H20N2OS. The van der Waals surface area contributed by atoms with E-state index < -0.39 is 0 Å². The molecule has 0 amide bonds. The number of nitrogens with zero attached hydrogens (tertiary/aromatic N) is 1. The van der Waals surface area contributed by atoms with Gasteiger partial charge < -0.3 is 10.5 Å². The lowest BCUT2D eigenvalue weighted by atomic mass is 10.0. The van der Waals surface area contributed by atoms with Gasteiger partial charge in [0.15, 0.2) is 0 Å². The first-order chi connectivity index (χ1) is 9.11. The van der Waals surface area contributed by atoms with Crippen LogP contribution in [0.25, 0.3) is 0 Å². The first-order valence-corrected chi connectivity index (χ1v) is 7.32. The highest BCUT2D eigenvalue weighted by Gasteiger charge is 2.14. The Morgan fingerprint density at radius 1 is 1.32 bits per heavy atom. The third kappa shape index (κ3) is 3.33. The topological polar surface area (TPSA) is 48.1 Å². The Kier molecular flexibility index (Phi) is 4.56. The molecular weight excluding hydrogens is 256 g/mol. The monoisotopic (exact) mass is 276 g/mol. The van der Waals surface area contributed by atoms with Gasteiger partial charge in [-0.15, -0.1) is 11.3 Å². The molecule has 1 atom stereocenters. The SMILES string of the molecule is COc1ccccc1C(N)Cc1nc(C(C)C)cs1. The molecule has 0 saturated carbocycles. The summed E-state index contributed by atoms with van der Waals surface area (Å²) in [5.74, 6) is 1.31. The van der Waals surface area contributed by atoms with Crippen molar-refractivity contribution >= 4 is 11.3 Å². The van der Waals surface area contributed by atoms with E-state index in [-0.39, 0.29) is 6.04 Å². The Morgan fingerprint density at radius 3 is 2.68 bits per heavy atom. The minimum atomic E-state index is -0.0812. The van der Waals surface area contributed by atoms with Gasteiger partial charge in [0.1, 0.15) is 5.75 Å². The molecule has 0 aliphatic heterocycles. The van der Waals surface area contributed by atoms with Gasteiger partial charge in [-0.1, -0.05) is 32.0 Å². The van der Waals surface area contributed by atoms with Crippen LogP contribution in [0, 0.1) is 0 Å². The van der Waals surface area contributed by atoms with Gasteiger partial charge in [-0.3, -0.25) is 0 Å². The van der Waals surface area contributed by atoms with Crippen LogP contribution in [-0.2, 0) is 6.42 Å². The van der Waals surface area contributed by atoms with Gasteiger partial charge in [-0.25, -0.2) is 4.98 Å². The zero-order valence-electron chi connectivity index (χ0n) is 11.6. The Labute approximate surface area is 118 Å². The van der Waals surface area contributed by atoms with Crippen molar-refractivity contribution in [3.63, 3.8) is 0 Å². The number of benzene rings is 1. The van der Waals surface area contributed by atoms with Crippen LogP contribution in [0.2, 0.25) is 0 Å². The summed E-state index contributed by atoms with van der Waals surface area (Å²) < 4.78 is 5.35. The highest BCUT2D eigenvalue weighted by molar-refractivity contribution is 7.09. The van der Waals surface area contributed by atoms with Gasteiger partial charge >= 0.3 is 0 Å². The number of hydrogen-bond acceptors (Lipinski definition) is 4. The van der Waals surface area contributed by atoms with Crippen LogP contribution < -0.4 is 10.5 Å². The largest absolute Gasteiger partial charge is 0.496 e. The Bertz CT molecular complexity index is 536. The quantitative estimate of drug-likeness (QED) is 0.909. The van der Waals surface area contributed by atoms with Gasteiger partial charge in [0.05, 0.1) is 17.8 Å². The maximum absolute atomic E-state index is 6.28. The summed E-state index contributed by atoms with van der Waals surface area (Å²) in [6.07, 6.45) is 0.748. The van der Waals surface area contributed by atoms with Crippen LogP contribution in [0.1, 0.15) is 42.1 Å². The Morgan fingerprint density at radius 2 is 2.05 bits per heavy atom. The summed E-state index contributed by atoms with van der Waals surface area (Å²) in [5, 5.41) is 3.21. The third-order valence-electron chi connectivity index (χ3n) is 3.09. The molecule has 0 aliphatic carbocycles. The van der Waals surface area contributed by atoms with Crippen molar-refractivity contribution in [3.8, 4) is 5.75 Å².